The normalized spacial score (nSPS) is 21.1. The third-order valence-electron chi connectivity index (χ3n) is 2.84. The summed E-state index contributed by atoms with van der Waals surface area (Å²) in [6, 6.07) is 0. The first-order chi connectivity index (χ1) is 6.99. The number of nitrogens with one attached hydrogen (secondary N) is 2. The van der Waals surface area contributed by atoms with Gasteiger partial charge in [0.2, 0.25) is 5.91 Å². The molecular weight excluding hydrogens is 224 g/mol. The molecule has 1 unspecified atom stereocenters. The molecule has 1 amide bonds. The van der Waals surface area contributed by atoms with E-state index in [9.17, 15) is 4.79 Å². The molecule has 16 heavy (non-hydrogen) atoms. The van der Waals surface area contributed by atoms with E-state index in [1.807, 2.05) is 0 Å². The maximum absolute atomic E-state index is 11.7. The van der Waals surface area contributed by atoms with Crippen LogP contribution in [0.25, 0.3) is 0 Å². The molecule has 1 saturated heterocycles. The molecule has 2 N–H and O–H groups in total. The molecule has 0 aliphatic carbocycles. The topological polar surface area (TPSA) is 41.1 Å². The highest BCUT2D eigenvalue weighted by Crippen LogP contribution is 2.17. The molecule has 96 valence electrons. The second-order valence-electron chi connectivity index (χ2n) is 5.64. The smallest absolute Gasteiger partial charge is 0.224 e. The van der Waals surface area contributed by atoms with Gasteiger partial charge in [-0.05, 0) is 31.2 Å². The number of halogens is 1. The largest absolute Gasteiger partial charge is 0.356 e. The van der Waals surface area contributed by atoms with Crippen molar-refractivity contribution in [2.24, 2.45) is 11.3 Å². The fourth-order valence-electron chi connectivity index (χ4n) is 1.78. The fraction of sp³-hybridized carbons (Fsp3) is 0.917. The monoisotopic (exact) mass is 248 g/mol. The molecule has 3 nitrogen and oxygen atoms in total. The molecule has 4 heteroatoms. The van der Waals surface area contributed by atoms with E-state index in [4.69, 9.17) is 0 Å². The molecule has 0 bridgehead atoms. The van der Waals surface area contributed by atoms with Crippen LogP contribution < -0.4 is 10.6 Å². The molecular formula is C12H25ClN2O. The lowest BCUT2D eigenvalue weighted by molar-refractivity contribution is -0.125. The van der Waals surface area contributed by atoms with Crippen molar-refractivity contribution in [2.45, 2.75) is 40.0 Å². The number of rotatable bonds is 3. The molecule has 0 aromatic carbocycles. The van der Waals surface area contributed by atoms with Crippen molar-refractivity contribution < 1.29 is 4.79 Å². The van der Waals surface area contributed by atoms with Crippen molar-refractivity contribution in [1.29, 1.82) is 0 Å². The zero-order valence-electron chi connectivity index (χ0n) is 10.6. The van der Waals surface area contributed by atoms with Gasteiger partial charge in [0.1, 0.15) is 0 Å². The van der Waals surface area contributed by atoms with Crippen LogP contribution >= 0.6 is 12.4 Å². The number of hydrogen-bond acceptors (Lipinski definition) is 2. The Hall–Kier alpha value is -0.280. The maximum atomic E-state index is 11.7. The van der Waals surface area contributed by atoms with E-state index in [1.165, 1.54) is 0 Å². The predicted octanol–water partition coefficient (Wildman–Crippen LogP) is 1.96. The average Bonchev–Trinajstić information content (AvgIpc) is 2.17. The summed E-state index contributed by atoms with van der Waals surface area (Å²) in [4.78, 5) is 11.7. The first-order valence-corrected chi connectivity index (χ1v) is 5.97. The van der Waals surface area contributed by atoms with E-state index in [0.717, 1.165) is 38.9 Å². The molecule has 1 aliphatic heterocycles. The number of carbonyl (C=O) groups excluding carboxylic acids is 1. The minimum absolute atomic E-state index is 0. The summed E-state index contributed by atoms with van der Waals surface area (Å²) in [5, 5.41) is 6.29. The van der Waals surface area contributed by atoms with E-state index >= 15 is 0 Å². The van der Waals surface area contributed by atoms with Gasteiger partial charge in [-0.1, -0.05) is 20.8 Å². The Morgan fingerprint density at radius 3 is 2.62 bits per heavy atom. The van der Waals surface area contributed by atoms with Crippen molar-refractivity contribution in [1.82, 2.24) is 10.6 Å². The molecule has 1 atom stereocenters. The summed E-state index contributed by atoms with van der Waals surface area (Å²) in [6.45, 7) is 9.30. The van der Waals surface area contributed by atoms with Crippen LogP contribution in [0.3, 0.4) is 0 Å². The Balaban J connectivity index is 0.00000225. The van der Waals surface area contributed by atoms with Crippen LogP contribution in [-0.4, -0.2) is 25.5 Å². The van der Waals surface area contributed by atoms with Crippen LogP contribution in [0.1, 0.15) is 40.0 Å². The molecule has 0 saturated carbocycles. The minimum Gasteiger partial charge on any atom is -0.356 e. The Kier molecular flexibility index (Phi) is 7.00. The zero-order valence-corrected chi connectivity index (χ0v) is 11.5. The average molecular weight is 249 g/mol. The van der Waals surface area contributed by atoms with Crippen LogP contribution in [0.4, 0.5) is 0 Å². The summed E-state index contributed by atoms with van der Waals surface area (Å²) in [6.07, 6.45) is 3.20. The highest BCUT2D eigenvalue weighted by Gasteiger charge is 2.20. The number of carbonyl (C=O) groups is 1. The van der Waals surface area contributed by atoms with E-state index in [0.29, 0.717) is 5.41 Å². The third-order valence-corrected chi connectivity index (χ3v) is 2.84. The maximum Gasteiger partial charge on any atom is 0.224 e. The third kappa shape index (κ3) is 6.33. The molecule has 1 heterocycles. The summed E-state index contributed by atoms with van der Waals surface area (Å²) in [7, 11) is 0. The Morgan fingerprint density at radius 1 is 1.44 bits per heavy atom. The van der Waals surface area contributed by atoms with E-state index in [-0.39, 0.29) is 24.2 Å². The second kappa shape index (κ2) is 7.13. The zero-order chi connectivity index (χ0) is 11.3. The molecule has 0 aromatic rings. The van der Waals surface area contributed by atoms with Crippen molar-refractivity contribution in [3.8, 4) is 0 Å². The van der Waals surface area contributed by atoms with Gasteiger partial charge in [-0.25, -0.2) is 0 Å². The predicted molar refractivity (Wildman–Crippen MR) is 69.9 cm³/mol. The quantitative estimate of drug-likeness (QED) is 0.802. The summed E-state index contributed by atoms with van der Waals surface area (Å²) in [5.74, 6) is 0.421. The SMILES string of the molecule is CC(C)(C)CCNC(=O)C1CCCNC1.Cl. The Labute approximate surface area is 105 Å². The lowest BCUT2D eigenvalue weighted by Gasteiger charge is -2.23. The van der Waals surface area contributed by atoms with E-state index in [1.54, 1.807) is 0 Å². The fourth-order valence-corrected chi connectivity index (χ4v) is 1.78. The van der Waals surface area contributed by atoms with Crippen LogP contribution in [0.5, 0.6) is 0 Å². The number of amides is 1. The van der Waals surface area contributed by atoms with Gasteiger partial charge in [-0.2, -0.15) is 0 Å². The Bertz CT molecular complexity index is 208. The minimum atomic E-state index is 0. The van der Waals surface area contributed by atoms with Gasteiger partial charge < -0.3 is 10.6 Å². The molecule has 0 radical (unpaired) electrons. The first kappa shape index (κ1) is 15.7. The molecule has 1 rings (SSSR count). The number of piperidine rings is 1. The highest BCUT2D eigenvalue weighted by atomic mass is 35.5. The first-order valence-electron chi connectivity index (χ1n) is 5.97. The van der Waals surface area contributed by atoms with Gasteiger partial charge in [0.15, 0.2) is 0 Å². The van der Waals surface area contributed by atoms with Crippen LogP contribution in [-0.2, 0) is 4.79 Å². The number of hydrogen-bond donors (Lipinski definition) is 2. The van der Waals surface area contributed by atoms with Crippen LogP contribution in [0.15, 0.2) is 0 Å². The summed E-state index contributed by atoms with van der Waals surface area (Å²) >= 11 is 0. The van der Waals surface area contributed by atoms with E-state index in [2.05, 4.69) is 31.4 Å². The molecule has 0 aromatic heterocycles. The van der Waals surface area contributed by atoms with Crippen LogP contribution in [0, 0.1) is 11.3 Å². The highest BCUT2D eigenvalue weighted by molar-refractivity contribution is 5.85. The summed E-state index contributed by atoms with van der Waals surface area (Å²) in [5.41, 5.74) is 0.304. The van der Waals surface area contributed by atoms with Gasteiger partial charge in [-0.3, -0.25) is 4.79 Å². The van der Waals surface area contributed by atoms with Crippen molar-refractivity contribution in [3.05, 3.63) is 0 Å². The molecule has 0 spiro atoms. The molecule has 1 aliphatic rings. The van der Waals surface area contributed by atoms with Gasteiger partial charge in [0.05, 0.1) is 5.92 Å². The second-order valence-corrected chi connectivity index (χ2v) is 5.64. The van der Waals surface area contributed by atoms with Gasteiger partial charge >= 0.3 is 0 Å². The van der Waals surface area contributed by atoms with Crippen molar-refractivity contribution >= 4 is 18.3 Å². The van der Waals surface area contributed by atoms with Gasteiger partial charge in [-0.15, -0.1) is 12.4 Å². The van der Waals surface area contributed by atoms with E-state index < -0.39 is 0 Å². The van der Waals surface area contributed by atoms with Crippen molar-refractivity contribution in [2.75, 3.05) is 19.6 Å². The lowest BCUT2D eigenvalue weighted by atomic mass is 9.92. The summed E-state index contributed by atoms with van der Waals surface area (Å²) < 4.78 is 0. The molecule has 1 fully saturated rings. The Morgan fingerprint density at radius 2 is 2.12 bits per heavy atom. The van der Waals surface area contributed by atoms with Crippen LogP contribution in [0.2, 0.25) is 0 Å². The lowest BCUT2D eigenvalue weighted by Crippen LogP contribution is -2.41. The van der Waals surface area contributed by atoms with Gasteiger partial charge in [0.25, 0.3) is 0 Å². The van der Waals surface area contributed by atoms with Crippen molar-refractivity contribution in [3.63, 3.8) is 0 Å². The standard InChI is InChI=1S/C12H24N2O.ClH/c1-12(2,3)6-8-14-11(15)10-5-4-7-13-9-10;/h10,13H,4-9H2,1-3H3,(H,14,15);1H. The van der Waals surface area contributed by atoms with Gasteiger partial charge in [0, 0.05) is 13.1 Å².